The smallest absolute Gasteiger partial charge is 0.316 e. The molecule has 1 aromatic heterocycles. The Kier molecular flexibility index (Phi) is 7.83. The number of thioether (sulfide) groups is 1. The third-order valence-electron chi connectivity index (χ3n) is 4.10. The summed E-state index contributed by atoms with van der Waals surface area (Å²) in [5.41, 5.74) is 6.32. The third kappa shape index (κ3) is 6.36. The Balaban J connectivity index is 1.60. The predicted octanol–water partition coefficient (Wildman–Crippen LogP) is 0.724. The Morgan fingerprint density at radius 3 is 2.74 bits per heavy atom. The SMILES string of the molecule is Cc1ccc(NC(=O)COC(=O)CSc2nnc(N)s2)c(S(=O)(=O)N2CCOCC2)c1. The van der Waals surface area contributed by atoms with Gasteiger partial charge in [-0.3, -0.25) is 9.59 Å². The van der Waals surface area contributed by atoms with E-state index < -0.39 is 28.5 Å². The number of nitrogens with two attached hydrogens (primary N) is 1. The fourth-order valence-corrected chi connectivity index (χ4v) is 5.72. The number of benzene rings is 1. The lowest BCUT2D eigenvalue weighted by Gasteiger charge is -2.27. The predicted molar refractivity (Wildman–Crippen MR) is 115 cm³/mol. The number of carbonyl (C=O) groups excluding carboxylic acids is 2. The maximum Gasteiger partial charge on any atom is 0.316 e. The van der Waals surface area contributed by atoms with Crippen molar-refractivity contribution >= 4 is 55.8 Å². The summed E-state index contributed by atoms with van der Waals surface area (Å²) >= 11 is 2.23. The third-order valence-corrected chi connectivity index (χ3v) is 7.90. The van der Waals surface area contributed by atoms with E-state index in [4.69, 9.17) is 15.2 Å². The summed E-state index contributed by atoms with van der Waals surface area (Å²) in [4.78, 5) is 24.1. The van der Waals surface area contributed by atoms with Crippen LogP contribution in [0.3, 0.4) is 0 Å². The van der Waals surface area contributed by atoms with E-state index >= 15 is 0 Å². The van der Waals surface area contributed by atoms with Crippen LogP contribution in [-0.2, 0) is 29.1 Å². The molecule has 0 radical (unpaired) electrons. The zero-order valence-corrected chi connectivity index (χ0v) is 19.0. The van der Waals surface area contributed by atoms with Gasteiger partial charge in [-0.05, 0) is 24.6 Å². The molecule has 0 bridgehead atoms. The Hall–Kier alpha value is -2.26. The number of anilines is 2. The maximum atomic E-state index is 13.0. The van der Waals surface area contributed by atoms with E-state index in [1.807, 2.05) is 0 Å². The van der Waals surface area contributed by atoms with Crippen molar-refractivity contribution in [3.05, 3.63) is 23.8 Å². The zero-order chi connectivity index (χ0) is 22.4. The van der Waals surface area contributed by atoms with Gasteiger partial charge >= 0.3 is 5.97 Å². The summed E-state index contributed by atoms with van der Waals surface area (Å²) in [5.74, 6) is -1.34. The van der Waals surface area contributed by atoms with Crippen molar-refractivity contribution in [2.24, 2.45) is 0 Å². The molecule has 0 spiro atoms. The Morgan fingerprint density at radius 2 is 2.06 bits per heavy atom. The summed E-state index contributed by atoms with van der Waals surface area (Å²) in [5, 5.41) is 10.2. The maximum absolute atomic E-state index is 13.0. The van der Waals surface area contributed by atoms with Gasteiger partial charge in [0, 0.05) is 13.1 Å². The molecule has 0 aliphatic carbocycles. The second kappa shape index (κ2) is 10.4. The normalized spacial score (nSPS) is 14.9. The molecule has 1 saturated heterocycles. The van der Waals surface area contributed by atoms with Crippen molar-refractivity contribution in [1.29, 1.82) is 0 Å². The number of nitrogens with zero attached hydrogens (tertiary/aromatic N) is 3. The van der Waals surface area contributed by atoms with Crippen molar-refractivity contribution < 1.29 is 27.5 Å². The van der Waals surface area contributed by atoms with Crippen molar-refractivity contribution in [2.45, 2.75) is 16.2 Å². The molecule has 3 N–H and O–H groups in total. The summed E-state index contributed by atoms with van der Waals surface area (Å²) < 4.78 is 38.1. The van der Waals surface area contributed by atoms with Gasteiger partial charge in [0.2, 0.25) is 15.2 Å². The highest BCUT2D eigenvalue weighted by Crippen LogP contribution is 2.27. The highest BCUT2D eigenvalue weighted by atomic mass is 32.2. The van der Waals surface area contributed by atoms with Gasteiger partial charge in [-0.2, -0.15) is 4.31 Å². The van der Waals surface area contributed by atoms with E-state index in [-0.39, 0.29) is 34.6 Å². The van der Waals surface area contributed by atoms with Gasteiger partial charge in [0.25, 0.3) is 5.91 Å². The van der Waals surface area contributed by atoms with Gasteiger partial charge < -0.3 is 20.5 Å². The second-order valence-electron chi connectivity index (χ2n) is 6.42. The molecule has 1 aliphatic rings. The van der Waals surface area contributed by atoms with Crippen LogP contribution in [0.5, 0.6) is 0 Å². The van der Waals surface area contributed by atoms with Crippen LogP contribution in [0.4, 0.5) is 10.8 Å². The quantitative estimate of drug-likeness (QED) is 0.402. The van der Waals surface area contributed by atoms with Crippen LogP contribution >= 0.6 is 23.1 Å². The van der Waals surface area contributed by atoms with Crippen LogP contribution in [0.25, 0.3) is 0 Å². The number of morpholine rings is 1. The molecule has 31 heavy (non-hydrogen) atoms. The van der Waals surface area contributed by atoms with Gasteiger partial charge in [0.15, 0.2) is 10.9 Å². The fraction of sp³-hybridized carbons (Fsp3) is 0.412. The van der Waals surface area contributed by atoms with Crippen molar-refractivity contribution in [3.8, 4) is 0 Å². The van der Waals surface area contributed by atoms with Gasteiger partial charge in [-0.1, -0.05) is 29.2 Å². The molecule has 168 valence electrons. The van der Waals surface area contributed by atoms with E-state index in [9.17, 15) is 18.0 Å². The van der Waals surface area contributed by atoms with E-state index in [1.54, 1.807) is 13.0 Å². The van der Waals surface area contributed by atoms with Crippen molar-refractivity contribution in [1.82, 2.24) is 14.5 Å². The Bertz CT molecular complexity index is 1050. The summed E-state index contributed by atoms with van der Waals surface area (Å²) in [7, 11) is -3.82. The highest BCUT2D eigenvalue weighted by Gasteiger charge is 2.29. The molecule has 3 rings (SSSR count). The molecule has 11 nitrogen and oxygen atoms in total. The number of aromatic nitrogens is 2. The lowest BCUT2D eigenvalue weighted by atomic mass is 10.2. The van der Waals surface area contributed by atoms with Gasteiger partial charge in [-0.25, -0.2) is 8.42 Å². The molecule has 1 fully saturated rings. The number of nitrogen functional groups attached to an aromatic ring is 1. The minimum Gasteiger partial charge on any atom is -0.455 e. The summed E-state index contributed by atoms with van der Waals surface area (Å²) in [6.45, 7) is 2.30. The first kappa shape index (κ1) is 23.4. The zero-order valence-electron chi connectivity index (χ0n) is 16.6. The van der Waals surface area contributed by atoms with Gasteiger partial charge in [-0.15, -0.1) is 10.2 Å². The number of amides is 1. The molecule has 0 atom stereocenters. The largest absolute Gasteiger partial charge is 0.455 e. The standard InChI is InChI=1S/C17H21N5O6S3/c1-11-2-3-12(13(8-11)31(25,26)22-4-6-27-7-5-22)19-14(23)9-28-15(24)10-29-17-21-20-16(18)30-17/h2-3,8H,4-7,9-10H2,1H3,(H2,18,20)(H,19,23). The average molecular weight is 488 g/mol. The second-order valence-corrected chi connectivity index (χ2v) is 10.6. The van der Waals surface area contributed by atoms with Crippen LogP contribution in [-0.4, -0.2) is 73.5 Å². The molecule has 1 aromatic carbocycles. The van der Waals surface area contributed by atoms with E-state index in [0.717, 1.165) is 28.7 Å². The lowest BCUT2D eigenvalue weighted by Crippen LogP contribution is -2.41. The number of esters is 1. The Morgan fingerprint density at radius 1 is 1.32 bits per heavy atom. The van der Waals surface area contributed by atoms with E-state index in [1.165, 1.54) is 16.4 Å². The van der Waals surface area contributed by atoms with Crippen LogP contribution in [0, 0.1) is 6.92 Å². The highest BCUT2D eigenvalue weighted by molar-refractivity contribution is 8.01. The molecular weight excluding hydrogens is 466 g/mol. The average Bonchev–Trinajstić information content (AvgIpc) is 3.17. The first-order valence-electron chi connectivity index (χ1n) is 9.11. The molecule has 2 aromatic rings. The fourth-order valence-electron chi connectivity index (χ4n) is 2.65. The number of rotatable bonds is 8. The molecule has 1 amide bonds. The van der Waals surface area contributed by atoms with E-state index in [0.29, 0.717) is 17.6 Å². The molecule has 0 unspecified atom stereocenters. The Labute approximate surface area is 187 Å². The van der Waals surface area contributed by atoms with Crippen molar-refractivity contribution in [3.63, 3.8) is 0 Å². The lowest BCUT2D eigenvalue weighted by molar-refractivity contribution is -0.144. The van der Waals surface area contributed by atoms with E-state index in [2.05, 4.69) is 15.5 Å². The van der Waals surface area contributed by atoms with Crippen LogP contribution in [0.1, 0.15) is 5.56 Å². The number of ether oxygens (including phenoxy) is 2. The van der Waals surface area contributed by atoms with Crippen molar-refractivity contribution in [2.75, 3.05) is 49.7 Å². The number of carbonyl (C=O) groups is 2. The molecular formula is C17H21N5O6S3. The minimum atomic E-state index is -3.82. The molecule has 1 aliphatic heterocycles. The monoisotopic (exact) mass is 487 g/mol. The summed E-state index contributed by atoms with van der Waals surface area (Å²) in [6, 6.07) is 4.69. The van der Waals surface area contributed by atoms with Gasteiger partial charge in [0.1, 0.15) is 4.90 Å². The topological polar surface area (TPSA) is 154 Å². The summed E-state index contributed by atoms with van der Waals surface area (Å²) in [6.07, 6.45) is 0. The number of sulfonamides is 1. The number of hydrogen-bond acceptors (Lipinski definition) is 11. The first-order chi connectivity index (χ1) is 14.8. The number of aryl methyl sites for hydroxylation is 1. The van der Waals surface area contributed by atoms with Crippen LogP contribution in [0.2, 0.25) is 0 Å². The number of hydrogen-bond donors (Lipinski definition) is 2. The molecule has 14 heteroatoms. The first-order valence-corrected chi connectivity index (χ1v) is 12.4. The minimum absolute atomic E-state index is 0.0153. The van der Waals surface area contributed by atoms with Crippen LogP contribution < -0.4 is 11.1 Å². The molecule has 0 saturated carbocycles. The van der Waals surface area contributed by atoms with Gasteiger partial charge in [0.05, 0.1) is 24.7 Å². The number of nitrogens with one attached hydrogen (secondary N) is 1. The van der Waals surface area contributed by atoms with Crippen LogP contribution in [0.15, 0.2) is 27.4 Å². The molecule has 2 heterocycles.